The molecule has 0 atom stereocenters. The summed E-state index contributed by atoms with van der Waals surface area (Å²) in [5.74, 6) is 0.378. The average molecular weight is 316 g/mol. The van der Waals surface area contributed by atoms with E-state index in [0.29, 0.717) is 17.5 Å². The molecule has 0 saturated carbocycles. The first-order valence-electron chi connectivity index (χ1n) is 7.62. The van der Waals surface area contributed by atoms with Crippen molar-refractivity contribution in [3.8, 4) is 11.3 Å². The Morgan fingerprint density at radius 1 is 1.23 bits per heavy atom. The van der Waals surface area contributed by atoms with Crippen molar-refractivity contribution in [1.29, 1.82) is 0 Å². The van der Waals surface area contributed by atoms with Crippen molar-refractivity contribution in [1.82, 2.24) is 4.98 Å². The standard InChI is InChI=1S/C18H24N2OS/c1-12(2)10-16(21)20-17-19-15(11-22-17)13-6-8-14(9-7-13)18(3,4)5/h6-9,11-12H,10H2,1-5H3,(H,19,20,21). The maximum atomic E-state index is 11.8. The fourth-order valence-electron chi connectivity index (χ4n) is 2.15. The summed E-state index contributed by atoms with van der Waals surface area (Å²) in [7, 11) is 0. The van der Waals surface area contributed by atoms with Gasteiger partial charge in [-0.05, 0) is 16.9 Å². The van der Waals surface area contributed by atoms with Crippen molar-refractivity contribution in [3.63, 3.8) is 0 Å². The fraction of sp³-hybridized carbons (Fsp3) is 0.444. The largest absolute Gasteiger partial charge is 0.302 e. The number of nitrogens with zero attached hydrogens (tertiary/aromatic N) is 1. The lowest BCUT2D eigenvalue weighted by Crippen LogP contribution is -2.13. The lowest BCUT2D eigenvalue weighted by atomic mass is 9.86. The molecule has 0 aliphatic rings. The zero-order valence-corrected chi connectivity index (χ0v) is 14.8. The van der Waals surface area contributed by atoms with E-state index >= 15 is 0 Å². The molecule has 3 nitrogen and oxygen atoms in total. The number of anilines is 1. The predicted molar refractivity (Wildman–Crippen MR) is 94.3 cm³/mol. The van der Waals surface area contributed by atoms with Crippen LogP contribution in [-0.2, 0) is 10.2 Å². The first-order chi connectivity index (χ1) is 10.3. The van der Waals surface area contributed by atoms with Gasteiger partial charge in [0.2, 0.25) is 5.91 Å². The van der Waals surface area contributed by atoms with E-state index in [4.69, 9.17) is 0 Å². The first-order valence-corrected chi connectivity index (χ1v) is 8.50. The Hall–Kier alpha value is -1.68. The molecule has 0 aliphatic heterocycles. The van der Waals surface area contributed by atoms with Gasteiger partial charge in [-0.15, -0.1) is 11.3 Å². The van der Waals surface area contributed by atoms with Crippen LogP contribution in [0, 0.1) is 5.92 Å². The lowest BCUT2D eigenvalue weighted by Gasteiger charge is -2.18. The van der Waals surface area contributed by atoms with Gasteiger partial charge in [-0.1, -0.05) is 58.9 Å². The van der Waals surface area contributed by atoms with Crippen LogP contribution >= 0.6 is 11.3 Å². The Morgan fingerprint density at radius 3 is 2.41 bits per heavy atom. The molecule has 0 fully saturated rings. The molecular formula is C18H24N2OS. The highest BCUT2D eigenvalue weighted by molar-refractivity contribution is 7.14. The Morgan fingerprint density at radius 2 is 1.86 bits per heavy atom. The molecule has 2 rings (SSSR count). The quantitative estimate of drug-likeness (QED) is 0.853. The van der Waals surface area contributed by atoms with E-state index in [1.165, 1.54) is 16.9 Å². The van der Waals surface area contributed by atoms with Crippen molar-refractivity contribution >= 4 is 22.4 Å². The minimum atomic E-state index is 0.0268. The van der Waals surface area contributed by atoms with E-state index in [0.717, 1.165) is 11.3 Å². The van der Waals surface area contributed by atoms with Gasteiger partial charge < -0.3 is 5.32 Å². The van der Waals surface area contributed by atoms with E-state index in [1.807, 2.05) is 19.2 Å². The second kappa shape index (κ2) is 6.61. The Bertz CT molecular complexity index is 636. The van der Waals surface area contributed by atoms with E-state index in [1.54, 1.807) is 0 Å². The summed E-state index contributed by atoms with van der Waals surface area (Å²) >= 11 is 1.47. The van der Waals surface area contributed by atoms with Crippen LogP contribution in [0.25, 0.3) is 11.3 Å². The number of aromatic nitrogens is 1. The Kier molecular flexibility index (Phi) is 5.01. The number of benzene rings is 1. The highest BCUT2D eigenvalue weighted by Crippen LogP contribution is 2.28. The van der Waals surface area contributed by atoms with Gasteiger partial charge in [0, 0.05) is 17.4 Å². The van der Waals surface area contributed by atoms with Gasteiger partial charge in [0.25, 0.3) is 0 Å². The molecule has 1 N–H and O–H groups in total. The molecule has 1 aromatic heterocycles. The molecule has 0 aliphatic carbocycles. The Labute approximate surface area is 136 Å². The number of carbonyl (C=O) groups is 1. The molecule has 1 amide bonds. The number of rotatable bonds is 4. The molecule has 0 saturated heterocycles. The van der Waals surface area contributed by atoms with Gasteiger partial charge in [0.1, 0.15) is 0 Å². The van der Waals surface area contributed by atoms with Gasteiger partial charge in [-0.3, -0.25) is 4.79 Å². The minimum Gasteiger partial charge on any atom is -0.302 e. The molecule has 118 valence electrons. The van der Waals surface area contributed by atoms with E-state index in [2.05, 4.69) is 55.3 Å². The maximum absolute atomic E-state index is 11.8. The molecule has 0 spiro atoms. The smallest absolute Gasteiger partial charge is 0.226 e. The summed E-state index contributed by atoms with van der Waals surface area (Å²) in [5, 5.41) is 5.52. The third kappa shape index (κ3) is 4.41. The number of amides is 1. The minimum absolute atomic E-state index is 0.0268. The summed E-state index contributed by atoms with van der Waals surface area (Å²) in [6.45, 7) is 10.7. The average Bonchev–Trinajstić information content (AvgIpc) is 2.85. The predicted octanol–water partition coefficient (Wildman–Crippen LogP) is 5.09. The zero-order valence-electron chi connectivity index (χ0n) is 13.9. The SMILES string of the molecule is CC(C)CC(=O)Nc1nc(-c2ccc(C(C)(C)C)cc2)cs1. The molecule has 0 unspecified atom stereocenters. The van der Waals surface area contributed by atoms with Crippen LogP contribution in [0.3, 0.4) is 0 Å². The summed E-state index contributed by atoms with van der Waals surface area (Å²) in [4.78, 5) is 16.3. The number of thiazole rings is 1. The van der Waals surface area contributed by atoms with E-state index in [9.17, 15) is 4.79 Å². The number of nitrogens with one attached hydrogen (secondary N) is 1. The summed E-state index contributed by atoms with van der Waals surface area (Å²) in [5.41, 5.74) is 3.44. The van der Waals surface area contributed by atoms with Crippen molar-refractivity contribution in [2.45, 2.75) is 46.5 Å². The highest BCUT2D eigenvalue weighted by atomic mass is 32.1. The molecule has 0 radical (unpaired) electrons. The van der Waals surface area contributed by atoms with Gasteiger partial charge in [-0.25, -0.2) is 4.98 Å². The number of hydrogen-bond acceptors (Lipinski definition) is 3. The number of hydrogen-bond donors (Lipinski definition) is 1. The molecule has 1 aromatic carbocycles. The van der Waals surface area contributed by atoms with Crippen LogP contribution in [-0.4, -0.2) is 10.9 Å². The molecule has 1 heterocycles. The zero-order chi connectivity index (χ0) is 16.3. The van der Waals surface area contributed by atoms with Crippen LogP contribution < -0.4 is 5.32 Å². The fourth-order valence-corrected chi connectivity index (χ4v) is 2.88. The van der Waals surface area contributed by atoms with Crippen molar-refractivity contribution in [3.05, 3.63) is 35.2 Å². The number of carbonyl (C=O) groups excluding carboxylic acids is 1. The van der Waals surface area contributed by atoms with Crippen molar-refractivity contribution in [2.24, 2.45) is 5.92 Å². The summed E-state index contributed by atoms with van der Waals surface area (Å²) in [6, 6.07) is 8.47. The highest BCUT2D eigenvalue weighted by Gasteiger charge is 2.14. The topological polar surface area (TPSA) is 42.0 Å². The summed E-state index contributed by atoms with van der Waals surface area (Å²) < 4.78 is 0. The third-order valence-corrected chi connectivity index (χ3v) is 4.15. The van der Waals surface area contributed by atoms with Crippen molar-refractivity contribution < 1.29 is 4.79 Å². The molecule has 0 bridgehead atoms. The summed E-state index contributed by atoms with van der Waals surface area (Å²) in [6.07, 6.45) is 0.523. The van der Waals surface area contributed by atoms with Crippen molar-refractivity contribution in [2.75, 3.05) is 5.32 Å². The second-order valence-electron chi connectivity index (χ2n) is 7.01. The van der Waals surface area contributed by atoms with Crippen LogP contribution in [0.2, 0.25) is 0 Å². The van der Waals surface area contributed by atoms with Crippen LogP contribution in [0.15, 0.2) is 29.6 Å². The molecule has 4 heteroatoms. The van der Waals surface area contributed by atoms with Gasteiger partial charge in [-0.2, -0.15) is 0 Å². The molecule has 22 heavy (non-hydrogen) atoms. The Balaban J connectivity index is 2.09. The normalized spacial score (nSPS) is 11.7. The second-order valence-corrected chi connectivity index (χ2v) is 7.87. The monoisotopic (exact) mass is 316 g/mol. The molecular weight excluding hydrogens is 292 g/mol. The molecule has 2 aromatic rings. The van der Waals surface area contributed by atoms with Gasteiger partial charge in [0.15, 0.2) is 5.13 Å². The third-order valence-electron chi connectivity index (χ3n) is 3.39. The maximum Gasteiger partial charge on any atom is 0.226 e. The lowest BCUT2D eigenvalue weighted by molar-refractivity contribution is -0.116. The first kappa shape index (κ1) is 16.7. The van der Waals surface area contributed by atoms with E-state index < -0.39 is 0 Å². The van der Waals surface area contributed by atoms with Crippen LogP contribution in [0.1, 0.15) is 46.6 Å². The van der Waals surface area contributed by atoms with Crippen LogP contribution in [0.5, 0.6) is 0 Å². The van der Waals surface area contributed by atoms with Gasteiger partial charge >= 0.3 is 0 Å². The van der Waals surface area contributed by atoms with E-state index in [-0.39, 0.29) is 11.3 Å². The van der Waals surface area contributed by atoms with Crippen LogP contribution in [0.4, 0.5) is 5.13 Å². The van der Waals surface area contributed by atoms with Gasteiger partial charge in [0.05, 0.1) is 5.69 Å².